The lowest BCUT2D eigenvalue weighted by Gasteiger charge is -2.11. The van der Waals surface area contributed by atoms with Crippen LogP contribution in [0.4, 0.5) is 5.69 Å². The van der Waals surface area contributed by atoms with Crippen LogP contribution in [0.25, 0.3) is 0 Å². The van der Waals surface area contributed by atoms with Crippen molar-refractivity contribution in [3.05, 3.63) is 28.8 Å². The molecule has 4 nitrogen and oxygen atoms in total. The summed E-state index contributed by atoms with van der Waals surface area (Å²) < 4.78 is 0. The Morgan fingerprint density at radius 1 is 1.33 bits per heavy atom. The van der Waals surface area contributed by atoms with Gasteiger partial charge in [-0.25, -0.2) is 0 Å². The van der Waals surface area contributed by atoms with E-state index in [4.69, 9.17) is 35.3 Å². The molecular formula is C12H16ClN3OS. The van der Waals surface area contributed by atoms with Crippen molar-refractivity contribution < 1.29 is 4.79 Å². The highest BCUT2D eigenvalue weighted by molar-refractivity contribution is 7.80. The van der Waals surface area contributed by atoms with E-state index in [1.54, 1.807) is 12.1 Å². The van der Waals surface area contributed by atoms with E-state index in [2.05, 4.69) is 5.32 Å². The van der Waals surface area contributed by atoms with Crippen LogP contribution in [0.5, 0.6) is 0 Å². The summed E-state index contributed by atoms with van der Waals surface area (Å²) in [6.45, 7) is 0.727. The topological polar surface area (TPSA) is 81.1 Å². The standard InChI is InChI=1S/C12H16ClN3OS/c13-8-4-5-10(9(7-8)12(15)18)16-6-2-1-3-11(14)17/h4-5,7,16H,1-3,6H2,(H2,14,17)(H2,15,18). The molecule has 1 aromatic rings. The Kier molecular flexibility index (Phi) is 5.88. The molecular weight excluding hydrogens is 270 g/mol. The van der Waals surface area contributed by atoms with Crippen molar-refractivity contribution in [2.45, 2.75) is 19.3 Å². The molecule has 6 heteroatoms. The quantitative estimate of drug-likeness (QED) is 0.529. The number of nitrogens with two attached hydrogens (primary N) is 2. The van der Waals surface area contributed by atoms with E-state index < -0.39 is 0 Å². The lowest BCUT2D eigenvalue weighted by molar-refractivity contribution is -0.118. The van der Waals surface area contributed by atoms with Gasteiger partial charge in [-0.3, -0.25) is 4.79 Å². The fourth-order valence-electron chi connectivity index (χ4n) is 1.52. The molecule has 0 fully saturated rings. The number of amides is 1. The van der Waals surface area contributed by atoms with E-state index in [0.29, 0.717) is 16.4 Å². The SMILES string of the molecule is NC(=O)CCCCNc1ccc(Cl)cc1C(N)=S. The molecule has 0 unspecified atom stereocenters. The van der Waals surface area contributed by atoms with Crippen LogP contribution in [-0.4, -0.2) is 17.4 Å². The summed E-state index contributed by atoms with van der Waals surface area (Å²) >= 11 is 10.8. The number of hydrogen-bond acceptors (Lipinski definition) is 3. The number of unbranched alkanes of at least 4 members (excludes halogenated alkanes) is 1. The van der Waals surface area contributed by atoms with Gasteiger partial charge < -0.3 is 16.8 Å². The molecule has 1 rings (SSSR count). The summed E-state index contributed by atoms with van der Waals surface area (Å²) in [6, 6.07) is 5.34. The van der Waals surface area contributed by atoms with E-state index in [-0.39, 0.29) is 5.91 Å². The van der Waals surface area contributed by atoms with Gasteiger partial charge in [0.25, 0.3) is 0 Å². The molecule has 0 aromatic heterocycles. The monoisotopic (exact) mass is 285 g/mol. The summed E-state index contributed by atoms with van der Waals surface area (Å²) in [6.07, 6.45) is 2.02. The molecule has 98 valence electrons. The first-order valence-corrected chi connectivity index (χ1v) is 6.41. The van der Waals surface area contributed by atoms with Crippen LogP contribution in [0.3, 0.4) is 0 Å². The van der Waals surface area contributed by atoms with Crippen molar-refractivity contribution in [1.82, 2.24) is 0 Å². The molecule has 0 saturated carbocycles. The van der Waals surface area contributed by atoms with E-state index in [9.17, 15) is 4.79 Å². The number of carbonyl (C=O) groups excluding carboxylic acids is 1. The van der Waals surface area contributed by atoms with Gasteiger partial charge in [-0.05, 0) is 31.0 Å². The van der Waals surface area contributed by atoms with E-state index in [0.717, 1.165) is 30.6 Å². The van der Waals surface area contributed by atoms with Gasteiger partial charge in [0, 0.05) is 29.2 Å². The van der Waals surface area contributed by atoms with Crippen LogP contribution < -0.4 is 16.8 Å². The van der Waals surface area contributed by atoms with Crippen molar-refractivity contribution in [3.63, 3.8) is 0 Å². The van der Waals surface area contributed by atoms with Crippen LogP contribution in [0, 0.1) is 0 Å². The highest BCUT2D eigenvalue weighted by atomic mass is 35.5. The predicted molar refractivity (Wildman–Crippen MR) is 78.9 cm³/mol. The Morgan fingerprint density at radius 2 is 2.06 bits per heavy atom. The number of rotatable bonds is 7. The van der Waals surface area contributed by atoms with Crippen molar-refractivity contribution in [2.75, 3.05) is 11.9 Å². The maximum absolute atomic E-state index is 10.6. The van der Waals surface area contributed by atoms with Crippen molar-refractivity contribution >= 4 is 40.4 Å². The highest BCUT2D eigenvalue weighted by Crippen LogP contribution is 2.20. The second-order valence-electron chi connectivity index (χ2n) is 3.90. The van der Waals surface area contributed by atoms with Crippen LogP contribution in [0.15, 0.2) is 18.2 Å². The van der Waals surface area contributed by atoms with Crippen molar-refractivity contribution in [3.8, 4) is 0 Å². The molecule has 1 amide bonds. The third-order valence-electron chi connectivity index (χ3n) is 2.41. The summed E-state index contributed by atoms with van der Waals surface area (Å²) in [4.78, 5) is 10.9. The number of carbonyl (C=O) groups is 1. The second kappa shape index (κ2) is 7.18. The van der Waals surface area contributed by atoms with E-state index in [1.807, 2.05) is 6.07 Å². The normalized spacial score (nSPS) is 10.1. The van der Waals surface area contributed by atoms with Gasteiger partial charge in [0.1, 0.15) is 4.99 Å². The van der Waals surface area contributed by atoms with Gasteiger partial charge in [-0.1, -0.05) is 23.8 Å². The van der Waals surface area contributed by atoms with Crippen LogP contribution in [0.1, 0.15) is 24.8 Å². The predicted octanol–water partition coefficient (Wildman–Crippen LogP) is 2.04. The fraction of sp³-hybridized carbons (Fsp3) is 0.333. The Bertz CT molecular complexity index is 451. The fourth-order valence-corrected chi connectivity index (χ4v) is 1.86. The Labute approximate surface area is 117 Å². The number of hydrogen-bond donors (Lipinski definition) is 3. The summed E-state index contributed by atoms with van der Waals surface area (Å²) in [5.41, 5.74) is 12.3. The lowest BCUT2D eigenvalue weighted by Crippen LogP contribution is -2.14. The number of primary amides is 1. The Hall–Kier alpha value is -1.33. The van der Waals surface area contributed by atoms with E-state index in [1.165, 1.54) is 0 Å². The largest absolute Gasteiger partial charge is 0.389 e. The summed E-state index contributed by atoms with van der Waals surface area (Å²) in [7, 11) is 0. The highest BCUT2D eigenvalue weighted by Gasteiger charge is 2.05. The molecule has 5 N–H and O–H groups in total. The molecule has 0 saturated heterocycles. The maximum Gasteiger partial charge on any atom is 0.217 e. The number of benzene rings is 1. The first kappa shape index (κ1) is 14.7. The molecule has 0 aliphatic heterocycles. The molecule has 0 bridgehead atoms. The number of thiocarbonyl (C=S) groups is 1. The first-order chi connectivity index (χ1) is 8.50. The van der Waals surface area contributed by atoms with Crippen LogP contribution in [0.2, 0.25) is 5.02 Å². The third-order valence-corrected chi connectivity index (χ3v) is 2.87. The molecule has 18 heavy (non-hydrogen) atoms. The maximum atomic E-state index is 10.6. The lowest BCUT2D eigenvalue weighted by atomic mass is 10.1. The number of anilines is 1. The molecule has 1 aromatic carbocycles. The smallest absolute Gasteiger partial charge is 0.217 e. The zero-order valence-electron chi connectivity index (χ0n) is 9.91. The molecule has 0 aliphatic carbocycles. The minimum atomic E-state index is -0.273. The van der Waals surface area contributed by atoms with Gasteiger partial charge in [0.05, 0.1) is 0 Å². The van der Waals surface area contributed by atoms with Gasteiger partial charge in [-0.15, -0.1) is 0 Å². The molecule has 0 aliphatic rings. The zero-order chi connectivity index (χ0) is 13.5. The van der Waals surface area contributed by atoms with Gasteiger partial charge in [0.2, 0.25) is 5.91 Å². The molecule has 0 radical (unpaired) electrons. The van der Waals surface area contributed by atoms with Crippen LogP contribution in [-0.2, 0) is 4.79 Å². The minimum absolute atomic E-state index is 0.273. The number of nitrogens with one attached hydrogen (secondary N) is 1. The molecule has 0 heterocycles. The molecule has 0 spiro atoms. The average Bonchev–Trinajstić information content (AvgIpc) is 2.29. The van der Waals surface area contributed by atoms with Crippen LogP contribution >= 0.6 is 23.8 Å². The van der Waals surface area contributed by atoms with Gasteiger partial charge in [-0.2, -0.15) is 0 Å². The summed E-state index contributed by atoms with van der Waals surface area (Å²) in [5, 5.41) is 3.81. The average molecular weight is 286 g/mol. The van der Waals surface area contributed by atoms with Gasteiger partial charge in [0.15, 0.2) is 0 Å². The van der Waals surface area contributed by atoms with Crippen molar-refractivity contribution in [2.24, 2.45) is 11.5 Å². The third kappa shape index (κ3) is 4.89. The van der Waals surface area contributed by atoms with Gasteiger partial charge >= 0.3 is 0 Å². The second-order valence-corrected chi connectivity index (χ2v) is 4.78. The van der Waals surface area contributed by atoms with E-state index >= 15 is 0 Å². The zero-order valence-corrected chi connectivity index (χ0v) is 11.5. The Balaban J connectivity index is 2.51. The molecule has 0 atom stereocenters. The van der Waals surface area contributed by atoms with Crippen molar-refractivity contribution in [1.29, 1.82) is 0 Å². The Morgan fingerprint density at radius 3 is 2.67 bits per heavy atom. The number of halogens is 1. The summed E-state index contributed by atoms with van der Waals surface area (Å²) in [5.74, 6) is -0.273. The minimum Gasteiger partial charge on any atom is -0.389 e. The first-order valence-electron chi connectivity index (χ1n) is 5.62.